The zero-order chi connectivity index (χ0) is 15.6. The van der Waals surface area contributed by atoms with Gasteiger partial charge in [-0.15, -0.1) is 0 Å². The molecule has 1 heterocycles. The number of nitrogens with zero attached hydrogens (tertiary/aromatic N) is 2. The highest BCUT2D eigenvalue weighted by atomic mass is 19.1. The van der Waals surface area contributed by atoms with E-state index < -0.39 is 36.0 Å². The molecule has 1 aromatic rings. The maximum absolute atomic E-state index is 12.8. The van der Waals surface area contributed by atoms with Crippen LogP contribution in [0.15, 0.2) is 24.3 Å². The summed E-state index contributed by atoms with van der Waals surface area (Å²) in [6, 6.07) is 3.94. The van der Waals surface area contributed by atoms with E-state index in [9.17, 15) is 23.6 Å². The summed E-state index contributed by atoms with van der Waals surface area (Å²) in [6.07, 6.45) is 0.518. The highest BCUT2D eigenvalue weighted by Gasteiger charge is 2.44. The Kier molecular flexibility index (Phi) is 4.11. The van der Waals surface area contributed by atoms with Gasteiger partial charge in [0.05, 0.1) is 6.54 Å². The number of hydrogen-bond acceptors (Lipinski definition) is 4. The summed E-state index contributed by atoms with van der Waals surface area (Å²) >= 11 is 0. The molecule has 0 N–H and O–H groups in total. The van der Waals surface area contributed by atoms with Gasteiger partial charge in [0, 0.05) is 12.1 Å². The van der Waals surface area contributed by atoms with Crippen molar-refractivity contribution >= 4 is 23.6 Å². The Morgan fingerprint density at radius 2 is 1.62 bits per heavy atom. The fraction of sp³-hybridized carbons (Fsp3) is 0.286. The molecule has 7 heteroatoms. The summed E-state index contributed by atoms with van der Waals surface area (Å²) in [7, 11) is 0. The summed E-state index contributed by atoms with van der Waals surface area (Å²) < 4.78 is 12.8. The summed E-state index contributed by atoms with van der Waals surface area (Å²) in [5.41, 5.74) is 0.165. The lowest BCUT2D eigenvalue weighted by Crippen LogP contribution is -2.37. The largest absolute Gasteiger partial charge is 0.334 e. The second kappa shape index (κ2) is 5.82. The standard InChI is InChI=1S/C14H13FN2O4/c1-2-7-16-12(19)13(20)17(14(16)21)8-11(18)9-3-5-10(15)6-4-9/h3-6H,2,7-8H2,1H3. The van der Waals surface area contributed by atoms with Crippen LogP contribution >= 0.6 is 0 Å². The van der Waals surface area contributed by atoms with E-state index in [1.54, 1.807) is 6.92 Å². The van der Waals surface area contributed by atoms with E-state index in [0.29, 0.717) is 11.3 Å². The van der Waals surface area contributed by atoms with Crippen LogP contribution in [0.2, 0.25) is 0 Å². The minimum atomic E-state index is -1.01. The summed E-state index contributed by atoms with van der Waals surface area (Å²) in [5, 5.41) is 0. The second-order valence-corrected chi connectivity index (χ2v) is 4.56. The predicted octanol–water partition coefficient (Wildman–Crippen LogP) is 1.21. The van der Waals surface area contributed by atoms with E-state index in [0.717, 1.165) is 17.0 Å². The third-order valence-electron chi connectivity index (χ3n) is 3.05. The van der Waals surface area contributed by atoms with Crippen molar-refractivity contribution in [3.8, 4) is 0 Å². The van der Waals surface area contributed by atoms with E-state index in [2.05, 4.69) is 0 Å². The lowest BCUT2D eigenvalue weighted by atomic mass is 10.1. The fourth-order valence-corrected chi connectivity index (χ4v) is 1.98. The molecular formula is C14H13FN2O4. The van der Waals surface area contributed by atoms with Gasteiger partial charge < -0.3 is 0 Å². The molecule has 0 aromatic heterocycles. The van der Waals surface area contributed by atoms with Crippen LogP contribution < -0.4 is 0 Å². The van der Waals surface area contributed by atoms with Crippen molar-refractivity contribution in [3.05, 3.63) is 35.6 Å². The summed E-state index contributed by atoms with van der Waals surface area (Å²) in [5.74, 6) is -2.97. The molecule has 2 rings (SSSR count). The van der Waals surface area contributed by atoms with Crippen LogP contribution in [-0.2, 0) is 9.59 Å². The van der Waals surface area contributed by atoms with Crippen molar-refractivity contribution in [2.75, 3.05) is 13.1 Å². The first-order chi connectivity index (χ1) is 9.95. The lowest BCUT2D eigenvalue weighted by molar-refractivity contribution is -0.143. The molecule has 1 aromatic carbocycles. The van der Waals surface area contributed by atoms with Crippen LogP contribution in [0.5, 0.6) is 0 Å². The van der Waals surface area contributed by atoms with Gasteiger partial charge in [0.15, 0.2) is 5.78 Å². The van der Waals surface area contributed by atoms with Crippen molar-refractivity contribution in [1.82, 2.24) is 9.80 Å². The first-order valence-electron chi connectivity index (χ1n) is 6.41. The van der Waals surface area contributed by atoms with Crippen molar-refractivity contribution in [3.63, 3.8) is 0 Å². The molecule has 0 saturated carbocycles. The van der Waals surface area contributed by atoms with Crippen LogP contribution in [0.1, 0.15) is 23.7 Å². The van der Waals surface area contributed by atoms with Crippen LogP contribution in [0, 0.1) is 5.82 Å². The highest BCUT2D eigenvalue weighted by Crippen LogP contribution is 2.14. The summed E-state index contributed by atoms with van der Waals surface area (Å²) in [4.78, 5) is 48.7. The van der Waals surface area contributed by atoms with Crippen molar-refractivity contribution in [2.24, 2.45) is 0 Å². The van der Waals surface area contributed by atoms with Gasteiger partial charge in [-0.3, -0.25) is 19.3 Å². The maximum atomic E-state index is 12.8. The average Bonchev–Trinajstić information content (AvgIpc) is 2.66. The Balaban J connectivity index is 2.14. The Bertz CT molecular complexity index is 612. The average molecular weight is 292 g/mol. The molecule has 110 valence electrons. The van der Waals surface area contributed by atoms with Crippen molar-refractivity contribution in [1.29, 1.82) is 0 Å². The lowest BCUT2D eigenvalue weighted by Gasteiger charge is -2.14. The van der Waals surface area contributed by atoms with Gasteiger partial charge in [0.25, 0.3) is 0 Å². The van der Waals surface area contributed by atoms with Gasteiger partial charge in [0.2, 0.25) is 0 Å². The van der Waals surface area contributed by atoms with Crippen LogP contribution in [0.3, 0.4) is 0 Å². The number of benzene rings is 1. The smallest absolute Gasteiger partial charge is 0.292 e. The number of hydrogen-bond donors (Lipinski definition) is 0. The number of rotatable bonds is 5. The number of amides is 4. The second-order valence-electron chi connectivity index (χ2n) is 4.56. The van der Waals surface area contributed by atoms with Gasteiger partial charge in [-0.05, 0) is 30.7 Å². The van der Waals surface area contributed by atoms with Crippen molar-refractivity contribution in [2.45, 2.75) is 13.3 Å². The number of ketones is 1. The first-order valence-corrected chi connectivity index (χ1v) is 6.41. The normalized spacial score (nSPS) is 15.0. The Morgan fingerprint density at radius 1 is 1.05 bits per heavy atom. The van der Waals surface area contributed by atoms with Gasteiger partial charge >= 0.3 is 17.8 Å². The maximum Gasteiger partial charge on any atom is 0.334 e. The van der Waals surface area contributed by atoms with E-state index in [4.69, 9.17) is 0 Å². The number of imide groups is 2. The number of Topliss-reactive ketones (excluding diaryl/α,β-unsaturated/α-hetero) is 1. The highest BCUT2D eigenvalue weighted by molar-refractivity contribution is 6.45. The molecule has 0 unspecified atom stereocenters. The zero-order valence-electron chi connectivity index (χ0n) is 11.3. The number of urea groups is 1. The molecule has 1 aliphatic rings. The molecule has 1 aliphatic heterocycles. The minimum absolute atomic E-state index is 0.130. The Hall–Kier alpha value is -2.57. The molecule has 4 amide bonds. The summed E-state index contributed by atoms with van der Waals surface area (Å²) in [6.45, 7) is 1.36. The van der Waals surface area contributed by atoms with Gasteiger partial charge in [-0.25, -0.2) is 14.1 Å². The molecule has 0 radical (unpaired) electrons. The topological polar surface area (TPSA) is 74.8 Å². The van der Waals surface area contributed by atoms with Crippen molar-refractivity contribution < 1.29 is 23.6 Å². The SMILES string of the molecule is CCCN1C(=O)C(=O)N(CC(=O)c2ccc(F)cc2)C1=O. The number of carbonyl (C=O) groups is 4. The quantitative estimate of drug-likeness (QED) is 0.464. The third-order valence-corrected chi connectivity index (χ3v) is 3.05. The molecule has 0 spiro atoms. The van der Waals surface area contributed by atoms with E-state index >= 15 is 0 Å². The van der Waals surface area contributed by atoms with Crippen LogP contribution in [0.25, 0.3) is 0 Å². The predicted molar refractivity (Wildman–Crippen MR) is 69.8 cm³/mol. The molecule has 0 aliphatic carbocycles. The fourth-order valence-electron chi connectivity index (χ4n) is 1.98. The monoisotopic (exact) mass is 292 g/mol. The first kappa shape index (κ1) is 14.8. The van der Waals surface area contributed by atoms with E-state index in [1.165, 1.54) is 12.1 Å². The minimum Gasteiger partial charge on any atom is -0.292 e. The molecule has 0 bridgehead atoms. The van der Waals surface area contributed by atoms with Crippen LogP contribution in [-0.4, -0.2) is 46.5 Å². The van der Waals surface area contributed by atoms with E-state index in [1.807, 2.05) is 0 Å². The van der Waals surface area contributed by atoms with Gasteiger partial charge in [0.1, 0.15) is 5.82 Å². The Morgan fingerprint density at radius 3 is 2.19 bits per heavy atom. The van der Waals surface area contributed by atoms with E-state index in [-0.39, 0.29) is 12.1 Å². The zero-order valence-corrected chi connectivity index (χ0v) is 11.3. The Labute approximate surface area is 120 Å². The molecule has 1 saturated heterocycles. The van der Waals surface area contributed by atoms with Gasteiger partial charge in [-0.1, -0.05) is 6.92 Å². The number of carbonyl (C=O) groups excluding carboxylic acids is 4. The molecule has 0 atom stereocenters. The number of halogens is 1. The molecule has 21 heavy (non-hydrogen) atoms. The molecule has 6 nitrogen and oxygen atoms in total. The molecular weight excluding hydrogens is 279 g/mol. The van der Waals surface area contributed by atoms with Gasteiger partial charge in [-0.2, -0.15) is 0 Å². The molecule has 1 fully saturated rings. The van der Waals surface area contributed by atoms with Crippen LogP contribution in [0.4, 0.5) is 9.18 Å². The third kappa shape index (κ3) is 2.81.